The summed E-state index contributed by atoms with van der Waals surface area (Å²) < 4.78 is 26.2. The second-order valence-corrected chi connectivity index (χ2v) is 5.73. The van der Waals surface area contributed by atoms with Crippen LogP contribution in [0.5, 0.6) is 0 Å². The minimum atomic E-state index is -3.53. The van der Waals surface area contributed by atoms with Crippen LogP contribution < -0.4 is 9.62 Å². The number of rotatable bonds is 1. The summed E-state index contributed by atoms with van der Waals surface area (Å²) in [4.78, 5) is 4.08. The van der Waals surface area contributed by atoms with Gasteiger partial charge in [0.25, 0.3) is 10.0 Å². The highest BCUT2D eigenvalue weighted by Crippen LogP contribution is 2.31. The van der Waals surface area contributed by atoms with Crippen LogP contribution in [-0.2, 0) is 10.0 Å². The Bertz CT molecular complexity index is 671. The fourth-order valence-corrected chi connectivity index (χ4v) is 3.40. The van der Waals surface area contributed by atoms with Crippen LogP contribution in [-0.4, -0.2) is 20.1 Å². The van der Waals surface area contributed by atoms with Crippen molar-refractivity contribution in [3.8, 4) is 0 Å². The zero-order valence-corrected chi connectivity index (χ0v) is 10.3. The van der Waals surface area contributed by atoms with Gasteiger partial charge in [0, 0.05) is 12.4 Å². The highest BCUT2D eigenvalue weighted by molar-refractivity contribution is 7.93. The second-order valence-electron chi connectivity index (χ2n) is 3.90. The number of hydrogen-bond donors (Lipinski definition) is 1. The molecule has 1 aromatic heterocycles. The lowest BCUT2D eigenvalue weighted by Gasteiger charge is -2.30. The lowest BCUT2D eigenvalue weighted by atomic mass is 10.3. The third-order valence-corrected chi connectivity index (χ3v) is 4.61. The summed E-state index contributed by atoms with van der Waals surface area (Å²) in [7, 11) is -3.53. The lowest BCUT2D eigenvalue weighted by molar-refractivity contribution is 0.589. The Labute approximate surface area is 105 Å². The van der Waals surface area contributed by atoms with Gasteiger partial charge in [0.1, 0.15) is 11.6 Å². The number of aromatic nitrogens is 1. The molecule has 1 aromatic carbocycles. The number of nitrogens with zero attached hydrogens (tertiary/aromatic N) is 2. The number of benzene rings is 1. The fourth-order valence-electron chi connectivity index (χ4n) is 1.92. The van der Waals surface area contributed by atoms with Gasteiger partial charge in [-0.05, 0) is 18.2 Å². The molecule has 0 unspecified atom stereocenters. The highest BCUT2D eigenvalue weighted by Gasteiger charge is 2.31. The van der Waals surface area contributed by atoms with Gasteiger partial charge in [-0.25, -0.2) is 12.7 Å². The molecule has 0 atom stereocenters. The van der Waals surface area contributed by atoms with E-state index in [0.29, 0.717) is 11.4 Å². The average Bonchev–Trinajstić information content (AvgIpc) is 2.40. The number of nitrogens with one attached hydrogen (secondary N) is 1. The van der Waals surface area contributed by atoms with Gasteiger partial charge in [-0.1, -0.05) is 18.2 Å². The van der Waals surface area contributed by atoms with Gasteiger partial charge in [0.15, 0.2) is 0 Å². The molecule has 0 fully saturated rings. The molecule has 1 N–H and O–H groups in total. The predicted molar refractivity (Wildman–Crippen MR) is 68.8 cm³/mol. The number of hydrogen-bond acceptors (Lipinski definition) is 4. The van der Waals surface area contributed by atoms with Gasteiger partial charge in [0.2, 0.25) is 0 Å². The van der Waals surface area contributed by atoms with Crippen LogP contribution in [0.1, 0.15) is 0 Å². The topological polar surface area (TPSA) is 62.3 Å². The largest absolute Gasteiger partial charge is 0.366 e. The molecule has 3 rings (SSSR count). The molecule has 5 nitrogen and oxygen atoms in total. The fraction of sp³-hybridized carbons (Fsp3) is 0.0833. The number of para-hydroxylation sites is 1. The first-order chi connectivity index (χ1) is 8.69. The Morgan fingerprint density at radius 1 is 1.17 bits per heavy atom. The summed E-state index contributed by atoms with van der Waals surface area (Å²) >= 11 is 0. The Balaban J connectivity index is 2.13. The van der Waals surface area contributed by atoms with Crippen molar-refractivity contribution < 1.29 is 8.42 Å². The average molecular weight is 261 g/mol. The van der Waals surface area contributed by atoms with Gasteiger partial charge in [-0.15, -0.1) is 0 Å². The van der Waals surface area contributed by atoms with Crippen LogP contribution in [0.4, 0.5) is 11.4 Å². The van der Waals surface area contributed by atoms with Crippen molar-refractivity contribution in [2.24, 2.45) is 0 Å². The Morgan fingerprint density at radius 2 is 1.94 bits per heavy atom. The maximum Gasteiger partial charge on any atom is 0.269 e. The molecule has 92 valence electrons. The molecule has 1 aliphatic heterocycles. The molecule has 0 amide bonds. The predicted octanol–water partition coefficient (Wildman–Crippen LogP) is 1.66. The van der Waals surface area contributed by atoms with Crippen molar-refractivity contribution >= 4 is 21.4 Å². The minimum Gasteiger partial charge on any atom is -0.366 e. The van der Waals surface area contributed by atoms with Crippen molar-refractivity contribution in [3.63, 3.8) is 0 Å². The van der Waals surface area contributed by atoms with E-state index >= 15 is 0 Å². The molecule has 0 spiro atoms. The molecular formula is C12H11N3O2S. The number of pyridine rings is 1. The summed E-state index contributed by atoms with van der Waals surface area (Å²) in [6, 6.07) is 10.7. The molecule has 2 aromatic rings. The maximum absolute atomic E-state index is 12.5. The van der Waals surface area contributed by atoms with Crippen LogP contribution in [0.25, 0.3) is 0 Å². The molecule has 18 heavy (non-hydrogen) atoms. The van der Waals surface area contributed by atoms with E-state index in [1.54, 1.807) is 24.4 Å². The molecule has 0 radical (unpaired) electrons. The monoisotopic (exact) mass is 261 g/mol. The molecule has 0 aliphatic carbocycles. The SMILES string of the molecule is O=S1(=O)c2cnccc2NCN1c1ccccc1. The Hall–Kier alpha value is -2.08. The van der Waals surface area contributed by atoms with E-state index in [1.165, 1.54) is 10.5 Å². The van der Waals surface area contributed by atoms with Crippen LogP contribution in [0.2, 0.25) is 0 Å². The first kappa shape index (κ1) is 11.0. The molecule has 6 heteroatoms. The number of anilines is 2. The third-order valence-electron chi connectivity index (χ3n) is 2.81. The van der Waals surface area contributed by atoms with Crippen molar-refractivity contribution in [2.45, 2.75) is 4.90 Å². The van der Waals surface area contributed by atoms with Crippen molar-refractivity contribution in [2.75, 3.05) is 16.3 Å². The molecule has 2 heterocycles. The highest BCUT2D eigenvalue weighted by atomic mass is 32.2. The molecular weight excluding hydrogens is 250 g/mol. The maximum atomic E-state index is 12.5. The third kappa shape index (κ3) is 1.62. The molecule has 0 bridgehead atoms. The van der Waals surface area contributed by atoms with E-state index < -0.39 is 10.0 Å². The summed E-state index contributed by atoms with van der Waals surface area (Å²) in [5.41, 5.74) is 1.23. The smallest absolute Gasteiger partial charge is 0.269 e. The Morgan fingerprint density at radius 3 is 2.72 bits per heavy atom. The van der Waals surface area contributed by atoms with Gasteiger partial charge in [0.05, 0.1) is 11.4 Å². The van der Waals surface area contributed by atoms with Crippen LogP contribution >= 0.6 is 0 Å². The van der Waals surface area contributed by atoms with E-state index in [4.69, 9.17) is 0 Å². The van der Waals surface area contributed by atoms with Crippen molar-refractivity contribution in [1.82, 2.24) is 4.98 Å². The quantitative estimate of drug-likeness (QED) is 0.848. The lowest BCUT2D eigenvalue weighted by Crippen LogP contribution is -2.39. The number of fused-ring (bicyclic) bond motifs is 1. The second kappa shape index (κ2) is 3.99. The van der Waals surface area contributed by atoms with Gasteiger partial charge >= 0.3 is 0 Å². The van der Waals surface area contributed by atoms with E-state index in [2.05, 4.69) is 10.3 Å². The minimum absolute atomic E-state index is 0.208. The first-order valence-corrected chi connectivity index (χ1v) is 6.89. The summed E-state index contributed by atoms with van der Waals surface area (Å²) in [6.45, 7) is 0.226. The van der Waals surface area contributed by atoms with Gasteiger partial charge < -0.3 is 5.32 Å². The Kier molecular flexibility index (Phi) is 2.45. The molecule has 0 saturated carbocycles. The van der Waals surface area contributed by atoms with Gasteiger partial charge in [-0.2, -0.15) is 0 Å². The van der Waals surface area contributed by atoms with Crippen LogP contribution in [0, 0.1) is 0 Å². The summed E-state index contributed by atoms with van der Waals surface area (Å²) in [6.07, 6.45) is 2.94. The molecule has 0 saturated heterocycles. The first-order valence-electron chi connectivity index (χ1n) is 5.45. The van der Waals surface area contributed by atoms with Gasteiger partial charge in [-0.3, -0.25) is 4.98 Å². The summed E-state index contributed by atoms with van der Waals surface area (Å²) in [5.74, 6) is 0. The van der Waals surface area contributed by atoms with E-state index in [-0.39, 0.29) is 11.6 Å². The van der Waals surface area contributed by atoms with E-state index in [9.17, 15) is 8.42 Å². The van der Waals surface area contributed by atoms with E-state index in [1.807, 2.05) is 18.2 Å². The van der Waals surface area contributed by atoms with Crippen LogP contribution in [0.3, 0.4) is 0 Å². The number of sulfonamides is 1. The van der Waals surface area contributed by atoms with E-state index in [0.717, 1.165) is 0 Å². The van der Waals surface area contributed by atoms with Crippen molar-refractivity contribution in [1.29, 1.82) is 0 Å². The van der Waals surface area contributed by atoms with Crippen molar-refractivity contribution in [3.05, 3.63) is 48.8 Å². The zero-order chi connectivity index (χ0) is 12.6. The molecule has 1 aliphatic rings. The zero-order valence-electron chi connectivity index (χ0n) is 9.45. The van der Waals surface area contributed by atoms with Crippen LogP contribution in [0.15, 0.2) is 53.7 Å². The normalized spacial score (nSPS) is 16.8. The standard InChI is InChI=1S/C12H11N3O2S/c16-18(17)12-8-13-7-6-11(12)14-9-15(18)10-4-2-1-3-5-10/h1-8,14H,9H2. The summed E-state index contributed by atoms with van der Waals surface area (Å²) in [5, 5.41) is 3.07.